The largest absolute Gasteiger partial charge is 0.352 e. The van der Waals surface area contributed by atoms with Crippen LogP contribution >= 0.6 is 15.9 Å². The Morgan fingerprint density at radius 2 is 1.88 bits per heavy atom. The zero-order valence-corrected chi connectivity index (χ0v) is 14.7. The van der Waals surface area contributed by atoms with Gasteiger partial charge in [-0.2, -0.15) is 0 Å². The summed E-state index contributed by atoms with van der Waals surface area (Å²) < 4.78 is 0.925. The van der Waals surface area contributed by atoms with Crippen molar-refractivity contribution in [3.63, 3.8) is 0 Å². The van der Waals surface area contributed by atoms with Crippen LogP contribution in [0.4, 0.5) is 10.5 Å². The zero-order valence-electron chi connectivity index (χ0n) is 13.1. The molecule has 7 nitrogen and oxygen atoms in total. The number of anilines is 1. The average molecular weight is 395 g/mol. The summed E-state index contributed by atoms with van der Waals surface area (Å²) in [6.07, 6.45) is 2.04. The van der Waals surface area contributed by atoms with E-state index in [0.717, 1.165) is 17.3 Å². The lowest BCUT2D eigenvalue weighted by atomic mass is 10.3. The van der Waals surface area contributed by atoms with Crippen LogP contribution < -0.4 is 10.6 Å². The molecule has 4 amide bonds. The third-order valence-electron chi connectivity index (χ3n) is 3.98. The predicted molar refractivity (Wildman–Crippen MR) is 92.5 cm³/mol. The molecule has 1 saturated heterocycles. The molecule has 0 bridgehead atoms. The quantitative estimate of drug-likeness (QED) is 0.809. The third-order valence-corrected chi connectivity index (χ3v) is 4.51. The highest BCUT2D eigenvalue weighted by Crippen LogP contribution is 2.18. The number of carbonyl (C=O) groups is 3. The summed E-state index contributed by atoms with van der Waals surface area (Å²) in [5.74, 6) is -0.336. The summed E-state index contributed by atoms with van der Waals surface area (Å²) in [7, 11) is 0. The summed E-state index contributed by atoms with van der Waals surface area (Å²) in [5.41, 5.74) is 0.668. The van der Waals surface area contributed by atoms with Gasteiger partial charge in [0.1, 0.15) is 6.54 Å². The maximum absolute atomic E-state index is 12.2. The van der Waals surface area contributed by atoms with Crippen molar-refractivity contribution in [2.24, 2.45) is 0 Å². The van der Waals surface area contributed by atoms with Crippen molar-refractivity contribution in [3.05, 3.63) is 28.7 Å². The summed E-state index contributed by atoms with van der Waals surface area (Å²) in [4.78, 5) is 39.1. The second-order valence-electron chi connectivity index (χ2n) is 6.02. The first kappa shape index (κ1) is 16.8. The Bertz CT molecular complexity index is 645. The molecule has 0 atom stereocenters. The van der Waals surface area contributed by atoms with Gasteiger partial charge in [-0.15, -0.1) is 0 Å². The highest BCUT2D eigenvalue weighted by molar-refractivity contribution is 9.10. The van der Waals surface area contributed by atoms with E-state index in [2.05, 4.69) is 26.6 Å². The van der Waals surface area contributed by atoms with Crippen LogP contribution in [-0.4, -0.2) is 59.9 Å². The van der Waals surface area contributed by atoms with Gasteiger partial charge in [-0.05, 0) is 37.1 Å². The standard InChI is InChI=1S/C16H19BrN4O3/c17-11-1-3-13(4-2-11)19-16(24)21-8-7-20(15(23)10-21)9-14(22)18-12-5-6-12/h1-4,12H,5-10H2,(H,18,22)(H,19,24). The second kappa shape index (κ2) is 7.21. The molecule has 0 spiro atoms. The Labute approximate surface area is 148 Å². The molecule has 2 aliphatic rings. The number of piperazine rings is 1. The van der Waals surface area contributed by atoms with Crippen molar-refractivity contribution in [3.8, 4) is 0 Å². The zero-order chi connectivity index (χ0) is 17.1. The molecular weight excluding hydrogens is 376 g/mol. The second-order valence-corrected chi connectivity index (χ2v) is 6.93. The maximum Gasteiger partial charge on any atom is 0.322 e. The van der Waals surface area contributed by atoms with Crippen molar-refractivity contribution in [2.45, 2.75) is 18.9 Å². The molecule has 2 N–H and O–H groups in total. The van der Waals surface area contributed by atoms with E-state index in [9.17, 15) is 14.4 Å². The molecular formula is C16H19BrN4O3. The molecule has 0 radical (unpaired) electrons. The monoisotopic (exact) mass is 394 g/mol. The molecule has 1 saturated carbocycles. The van der Waals surface area contributed by atoms with Gasteiger partial charge in [0.05, 0.1) is 6.54 Å². The molecule has 1 heterocycles. The van der Waals surface area contributed by atoms with Gasteiger partial charge in [0.15, 0.2) is 0 Å². The highest BCUT2D eigenvalue weighted by atomic mass is 79.9. The number of halogens is 1. The van der Waals surface area contributed by atoms with Gasteiger partial charge in [0.25, 0.3) is 0 Å². The lowest BCUT2D eigenvalue weighted by Crippen LogP contribution is -2.55. The Morgan fingerprint density at radius 1 is 1.17 bits per heavy atom. The number of rotatable bonds is 4. The van der Waals surface area contributed by atoms with Crippen LogP contribution in [0.5, 0.6) is 0 Å². The molecule has 128 valence electrons. The van der Waals surface area contributed by atoms with E-state index >= 15 is 0 Å². The number of urea groups is 1. The summed E-state index contributed by atoms with van der Waals surface area (Å²) in [5, 5.41) is 5.63. The lowest BCUT2D eigenvalue weighted by Gasteiger charge is -2.33. The molecule has 3 rings (SSSR count). The molecule has 0 aromatic heterocycles. The smallest absolute Gasteiger partial charge is 0.322 e. The summed E-state index contributed by atoms with van der Waals surface area (Å²) in [6, 6.07) is 7.19. The Kier molecular flexibility index (Phi) is 5.03. The minimum Gasteiger partial charge on any atom is -0.352 e. The minimum absolute atomic E-state index is 0.0148. The molecule has 24 heavy (non-hydrogen) atoms. The van der Waals surface area contributed by atoms with Gasteiger partial charge in [0, 0.05) is 29.3 Å². The first-order chi connectivity index (χ1) is 11.5. The van der Waals surface area contributed by atoms with Crippen molar-refractivity contribution >= 4 is 39.5 Å². The summed E-state index contributed by atoms with van der Waals surface area (Å²) in [6.45, 7) is 0.825. The van der Waals surface area contributed by atoms with E-state index in [0.29, 0.717) is 18.8 Å². The maximum atomic E-state index is 12.2. The Hall–Kier alpha value is -2.09. The van der Waals surface area contributed by atoms with Gasteiger partial charge in [-0.25, -0.2) is 4.79 Å². The Balaban J connectivity index is 1.48. The van der Waals surface area contributed by atoms with Crippen LogP contribution in [0.3, 0.4) is 0 Å². The van der Waals surface area contributed by atoms with Crippen LogP contribution in [0.2, 0.25) is 0 Å². The van der Waals surface area contributed by atoms with Gasteiger partial charge < -0.3 is 20.4 Å². The first-order valence-electron chi connectivity index (χ1n) is 7.90. The highest BCUT2D eigenvalue weighted by Gasteiger charge is 2.30. The van der Waals surface area contributed by atoms with Gasteiger partial charge in [0.2, 0.25) is 11.8 Å². The molecule has 0 unspecified atom stereocenters. The van der Waals surface area contributed by atoms with Crippen LogP contribution in [0.15, 0.2) is 28.7 Å². The number of hydrogen-bond acceptors (Lipinski definition) is 3. The van der Waals surface area contributed by atoms with Gasteiger partial charge in [-0.3, -0.25) is 9.59 Å². The number of amides is 4. The first-order valence-corrected chi connectivity index (χ1v) is 8.69. The normalized spacial score (nSPS) is 17.6. The third kappa shape index (κ3) is 4.47. The van der Waals surface area contributed by atoms with Crippen molar-refractivity contribution in [2.75, 3.05) is 31.5 Å². The number of hydrogen-bond donors (Lipinski definition) is 2. The summed E-state index contributed by atoms with van der Waals surface area (Å²) >= 11 is 3.33. The molecule has 1 aromatic rings. The fourth-order valence-corrected chi connectivity index (χ4v) is 2.72. The van der Waals surface area contributed by atoms with E-state index in [1.54, 1.807) is 12.1 Å². The fraction of sp³-hybridized carbons (Fsp3) is 0.438. The fourth-order valence-electron chi connectivity index (χ4n) is 2.46. The van der Waals surface area contributed by atoms with E-state index < -0.39 is 0 Å². The van der Waals surface area contributed by atoms with Crippen molar-refractivity contribution in [1.29, 1.82) is 0 Å². The van der Waals surface area contributed by atoms with Crippen LogP contribution in [-0.2, 0) is 9.59 Å². The lowest BCUT2D eigenvalue weighted by molar-refractivity contribution is -0.139. The van der Waals surface area contributed by atoms with E-state index in [1.807, 2.05) is 12.1 Å². The molecule has 2 fully saturated rings. The number of carbonyl (C=O) groups excluding carboxylic acids is 3. The van der Waals surface area contributed by atoms with E-state index in [-0.39, 0.29) is 37.0 Å². The van der Waals surface area contributed by atoms with E-state index in [1.165, 1.54) is 9.80 Å². The number of benzene rings is 1. The molecule has 1 aliphatic carbocycles. The Morgan fingerprint density at radius 3 is 2.50 bits per heavy atom. The van der Waals surface area contributed by atoms with E-state index in [4.69, 9.17) is 0 Å². The van der Waals surface area contributed by atoms with Crippen LogP contribution in [0.1, 0.15) is 12.8 Å². The molecule has 1 aromatic carbocycles. The number of nitrogens with one attached hydrogen (secondary N) is 2. The van der Waals surface area contributed by atoms with Crippen LogP contribution in [0, 0.1) is 0 Å². The van der Waals surface area contributed by atoms with Gasteiger partial charge in [-0.1, -0.05) is 15.9 Å². The predicted octanol–water partition coefficient (Wildman–Crippen LogP) is 1.40. The van der Waals surface area contributed by atoms with Crippen molar-refractivity contribution < 1.29 is 14.4 Å². The minimum atomic E-state index is -0.312. The topological polar surface area (TPSA) is 81.8 Å². The van der Waals surface area contributed by atoms with Crippen molar-refractivity contribution in [1.82, 2.24) is 15.1 Å². The average Bonchev–Trinajstić information content (AvgIpc) is 3.35. The van der Waals surface area contributed by atoms with Crippen LogP contribution in [0.25, 0.3) is 0 Å². The molecule has 8 heteroatoms. The SMILES string of the molecule is O=C(CN1CCN(C(=O)Nc2ccc(Br)cc2)CC1=O)NC1CC1. The number of nitrogens with zero attached hydrogens (tertiary/aromatic N) is 2. The van der Waals surface area contributed by atoms with Gasteiger partial charge >= 0.3 is 6.03 Å². The molecule has 1 aliphatic heterocycles.